The summed E-state index contributed by atoms with van der Waals surface area (Å²) in [6.45, 7) is -0.0818. The zero-order valence-corrected chi connectivity index (χ0v) is 21.4. The van der Waals surface area contributed by atoms with Crippen LogP contribution in [-0.2, 0) is 22.3 Å². The zero-order valence-electron chi connectivity index (χ0n) is 19.8. The number of halogens is 4. The molecule has 198 valence electrons. The molecule has 0 atom stereocenters. The molecular weight excluding hydrogens is 541 g/mol. The van der Waals surface area contributed by atoms with Crippen molar-refractivity contribution in [2.45, 2.75) is 44.4 Å². The summed E-state index contributed by atoms with van der Waals surface area (Å²) >= 11 is 7.01. The van der Waals surface area contributed by atoms with Crippen LogP contribution in [0.1, 0.15) is 42.4 Å². The number of hydrogen-bond donors (Lipinski definition) is 2. The third-order valence-corrected chi connectivity index (χ3v) is 7.84. The van der Waals surface area contributed by atoms with Gasteiger partial charge in [-0.15, -0.1) is 0 Å². The van der Waals surface area contributed by atoms with Gasteiger partial charge in [0.2, 0.25) is 0 Å². The van der Waals surface area contributed by atoms with Gasteiger partial charge in [0.05, 0.1) is 34.6 Å². The van der Waals surface area contributed by atoms with E-state index in [2.05, 4.69) is 15.4 Å². The van der Waals surface area contributed by atoms with Crippen LogP contribution in [0.5, 0.6) is 0 Å². The van der Waals surface area contributed by atoms with Crippen LogP contribution >= 0.6 is 23.4 Å². The summed E-state index contributed by atoms with van der Waals surface area (Å²) in [6, 6.07) is 9.09. The smallest absolute Gasteiger partial charge is 0.416 e. The number of alkyl halides is 3. The summed E-state index contributed by atoms with van der Waals surface area (Å²) in [5.41, 5.74) is 0.635. The number of nitrogens with one attached hydrogen (secondary N) is 1. The zero-order chi connectivity index (χ0) is 27.0. The Hall–Kier alpha value is -3.31. The predicted molar refractivity (Wildman–Crippen MR) is 140 cm³/mol. The number of aliphatic carboxylic acids is 1. The highest BCUT2D eigenvalue weighted by Gasteiger charge is 2.34. The second-order valence-electron chi connectivity index (χ2n) is 9.28. The average Bonchev–Trinajstić information content (AvgIpc) is 3.42. The SMILES string of the molecule is O=C1N=C(NC2CCC(C(=O)O)CC2)SC1=Cc1ccc2c(cnn2Cc2ccc(Cl)cc2C(F)(F)F)c1. The molecule has 2 N–H and O–H groups in total. The van der Waals surface area contributed by atoms with Gasteiger partial charge in [0.15, 0.2) is 5.17 Å². The van der Waals surface area contributed by atoms with Crippen molar-refractivity contribution in [3.8, 4) is 0 Å². The summed E-state index contributed by atoms with van der Waals surface area (Å²) in [5.74, 6) is -1.45. The van der Waals surface area contributed by atoms with Crippen LogP contribution in [0.15, 0.2) is 52.5 Å². The lowest BCUT2D eigenvalue weighted by atomic mass is 9.86. The van der Waals surface area contributed by atoms with Crippen molar-refractivity contribution in [2.24, 2.45) is 10.9 Å². The topological polar surface area (TPSA) is 96.6 Å². The highest BCUT2D eigenvalue weighted by atomic mass is 35.5. The summed E-state index contributed by atoms with van der Waals surface area (Å²) < 4.78 is 42.0. The Kier molecular flexibility index (Phi) is 7.23. The van der Waals surface area contributed by atoms with E-state index in [1.807, 2.05) is 6.07 Å². The van der Waals surface area contributed by atoms with Crippen molar-refractivity contribution in [2.75, 3.05) is 0 Å². The van der Waals surface area contributed by atoms with Crippen molar-refractivity contribution in [3.05, 3.63) is 69.2 Å². The van der Waals surface area contributed by atoms with Crippen LogP contribution in [0.4, 0.5) is 13.2 Å². The second-order valence-corrected chi connectivity index (χ2v) is 10.8. The lowest BCUT2D eigenvalue weighted by Gasteiger charge is -2.27. The fraction of sp³-hybridized carbons (Fsp3) is 0.308. The quantitative estimate of drug-likeness (QED) is 0.373. The molecule has 0 radical (unpaired) electrons. The molecule has 0 bridgehead atoms. The number of rotatable bonds is 5. The number of aliphatic imine (C=N–C) groups is 1. The number of aromatic nitrogens is 2. The first-order valence-corrected chi connectivity index (χ1v) is 13.1. The molecule has 1 aliphatic heterocycles. The van der Waals surface area contributed by atoms with Gasteiger partial charge in [0.1, 0.15) is 0 Å². The number of hydrogen-bond acceptors (Lipinski definition) is 5. The van der Waals surface area contributed by atoms with Crippen molar-refractivity contribution >= 4 is 57.4 Å². The number of fused-ring (bicyclic) bond motifs is 1. The largest absolute Gasteiger partial charge is 0.481 e. The van der Waals surface area contributed by atoms with E-state index in [0.717, 1.165) is 11.6 Å². The lowest BCUT2D eigenvalue weighted by Crippen LogP contribution is -2.37. The maximum Gasteiger partial charge on any atom is 0.416 e. The Balaban J connectivity index is 1.28. The maximum atomic E-state index is 13.5. The van der Waals surface area contributed by atoms with Gasteiger partial charge in [-0.1, -0.05) is 23.7 Å². The minimum atomic E-state index is -4.54. The first-order valence-electron chi connectivity index (χ1n) is 11.9. The van der Waals surface area contributed by atoms with Crippen molar-refractivity contribution in [1.82, 2.24) is 15.1 Å². The van der Waals surface area contributed by atoms with Crippen LogP contribution in [0.3, 0.4) is 0 Å². The molecule has 0 spiro atoms. The average molecular weight is 563 g/mol. The number of carbonyl (C=O) groups excluding carboxylic acids is 1. The van der Waals surface area contributed by atoms with E-state index >= 15 is 0 Å². The standard InChI is InChI=1S/C26H22ClF3N4O3S/c27-18-5-2-16(20(11-18)26(28,29)30)13-34-21-8-1-14(9-17(21)12-31-34)10-22-23(35)33-25(38-22)32-19-6-3-15(4-7-19)24(36)37/h1-2,5,8-12,15,19H,3-4,6-7,13H2,(H,36,37)(H,32,33,35). The molecule has 38 heavy (non-hydrogen) atoms. The first kappa shape index (κ1) is 26.3. The van der Waals surface area contributed by atoms with E-state index in [-0.39, 0.29) is 35.0 Å². The predicted octanol–water partition coefficient (Wildman–Crippen LogP) is 5.96. The summed E-state index contributed by atoms with van der Waals surface area (Å²) in [5, 5.41) is 17.9. The summed E-state index contributed by atoms with van der Waals surface area (Å²) in [4.78, 5) is 28.1. The van der Waals surface area contributed by atoms with Crippen LogP contribution in [-0.4, -0.2) is 38.0 Å². The molecule has 5 rings (SSSR count). The molecule has 7 nitrogen and oxygen atoms in total. The Morgan fingerprint density at radius 3 is 2.66 bits per heavy atom. The molecular formula is C26H22ClF3N4O3S. The van der Waals surface area contributed by atoms with E-state index in [9.17, 15) is 22.8 Å². The third kappa shape index (κ3) is 5.73. The van der Waals surface area contributed by atoms with Gasteiger partial charge in [-0.05, 0) is 78.9 Å². The molecule has 12 heteroatoms. The molecule has 1 aromatic heterocycles. The number of amides is 1. The van der Waals surface area contributed by atoms with Crippen molar-refractivity contribution in [1.29, 1.82) is 0 Å². The first-order chi connectivity index (χ1) is 18.1. The molecule has 0 unspecified atom stereocenters. The minimum Gasteiger partial charge on any atom is -0.481 e. The molecule has 1 fully saturated rings. The van der Waals surface area contributed by atoms with Gasteiger partial charge in [-0.3, -0.25) is 14.3 Å². The van der Waals surface area contributed by atoms with Gasteiger partial charge >= 0.3 is 12.1 Å². The van der Waals surface area contributed by atoms with Crippen LogP contribution in [0, 0.1) is 5.92 Å². The van der Waals surface area contributed by atoms with Crippen LogP contribution in [0.25, 0.3) is 17.0 Å². The van der Waals surface area contributed by atoms with Gasteiger partial charge in [-0.25, -0.2) is 0 Å². The Morgan fingerprint density at radius 2 is 1.95 bits per heavy atom. The Bertz CT molecular complexity index is 1480. The van der Waals surface area contributed by atoms with E-state index in [1.54, 1.807) is 24.4 Å². The maximum absolute atomic E-state index is 13.5. The fourth-order valence-electron chi connectivity index (χ4n) is 4.71. The molecule has 2 aromatic carbocycles. The molecule has 2 heterocycles. The summed E-state index contributed by atoms with van der Waals surface area (Å²) in [7, 11) is 0. The van der Waals surface area contributed by atoms with Gasteiger partial charge in [0.25, 0.3) is 5.91 Å². The van der Waals surface area contributed by atoms with Crippen LogP contribution in [0.2, 0.25) is 5.02 Å². The Morgan fingerprint density at radius 1 is 1.18 bits per heavy atom. The number of carboxylic acid groups (broad SMARTS) is 1. The lowest BCUT2D eigenvalue weighted by molar-refractivity contribution is -0.143. The van der Waals surface area contributed by atoms with Crippen LogP contribution < -0.4 is 5.32 Å². The number of benzene rings is 2. The molecule has 1 aliphatic carbocycles. The number of thioether (sulfide) groups is 1. The van der Waals surface area contributed by atoms with Gasteiger partial charge < -0.3 is 10.4 Å². The number of carbonyl (C=O) groups is 2. The highest BCUT2D eigenvalue weighted by Crippen LogP contribution is 2.35. The highest BCUT2D eigenvalue weighted by molar-refractivity contribution is 8.18. The normalized spacial score (nSPS) is 21.2. The monoisotopic (exact) mass is 562 g/mol. The van der Waals surface area contributed by atoms with E-state index in [0.29, 0.717) is 46.7 Å². The number of carboxylic acids is 1. The summed E-state index contributed by atoms with van der Waals surface area (Å²) in [6.07, 6.45) is 1.32. The van der Waals surface area contributed by atoms with E-state index in [1.165, 1.54) is 28.6 Å². The fourth-order valence-corrected chi connectivity index (χ4v) is 5.78. The molecule has 0 saturated heterocycles. The van der Waals surface area contributed by atoms with Gasteiger partial charge in [0, 0.05) is 16.5 Å². The molecule has 1 saturated carbocycles. The van der Waals surface area contributed by atoms with E-state index < -0.39 is 17.7 Å². The van der Waals surface area contributed by atoms with E-state index in [4.69, 9.17) is 16.7 Å². The van der Waals surface area contributed by atoms with Crippen molar-refractivity contribution < 1.29 is 27.9 Å². The second kappa shape index (κ2) is 10.5. The molecule has 2 aliphatic rings. The number of nitrogens with zero attached hydrogens (tertiary/aromatic N) is 3. The number of amidine groups is 1. The molecule has 1 amide bonds. The van der Waals surface area contributed by atoms with Crippen molar-refractivity contribution in [3.63, 3.8) is 0 Å². The minimum absolute atomic E-state index is 0.0105. The third-order valence-electron chi connectivity index (χ3n) is 6.69. The Labute approximate surface area is 224 Å². The molecule has 3 aromatic rings. The van der Waals surface area contributed by atoms with Gasteiger partial charge in [-0.2, -0.15) is 23.3 Å².